The Morgan fingerprint density at radius 3 is 1.29 bits per heavy atom. The average Bonchev–Trinajstić information content (AvgIpc) is 3.90. The van der Waals surface area contributed by atoms with Gasteiger partial charge in [0.2, 0.25) is 0 Å². The van der Waals surface area contributed by atoms with Gasteiger partial charge >= 0.3 is 0 Å². The Hall–Kier alpha value is -6.42. The highest BCUT2D eigenvalue weighted by molar-refractivity contribution is 7.24. The van der Waals surface area contributed by atoms with E-state index in [9.17, 15) is 0 Å². The lowest BCUT2D eigenvalue weighted by atomic mass is 10.0. The predicted octanol–water partition coefficient (Wildman–Crippen LogP) is 9.22. The minimum Gasteiger partial charge on any atom is -0.309 e. The third kappa shape index (κ3) is 3.32. The first kappa shape index (κ1) is 27.4. The van der Waals surface area contributed by atoms with Gasteiger partial charge in [-0.2, -0.15) is 0 Å². The molecule has 2 aliphatic rings. The summed E-state index contributed by atoms with van der Waals surface area (Å²) in [6, 6.07) is 68.2. The highest BCUT2D eigenvalue weighted by atomic mass is 28.3. The van der Waals surface area contributed by atoms with Gasteiger partial charge in [-0.25, -0.2) is 0 Å². The summed E-state index contributed by atoms with van der Waals surface area (Å²) in [5, 5.41) is 11.2. The van der Waals surface area contributed by atoms with Crippen molar-refractivity contribution in [2.75, 3.05) is 0 Å². The number of para-hydroxylation sites is 3. The number of fused-ring (bicyclic) bond motifs is 17. The summed E-state index contributed by atoms with van der Waals surface area (Å²) in [5.41, 5.74) is 12.8. The number of hydrogen-bond donors (Lipinski definition) is 0. The van der Waals surface area contributed by atoms with E-state index in [1.54, 1.807) is 0 Å². The van der Waals surface area contributed by atoms with Crippen LogP contribution in [0.25, 0.3) is 77.2 Å². The molecule has 0 saturated carbocycles. The zero-order valence-corrected chi connectivity index (χ0v) is 28.7. The van der Waals surface area contributed by atoms with Crippen LogP contribution in [0.2, 0.25) is 0 Å². The number of nitrogens with zero attached hydrogens (tertiary/aromatic N) is 2. The van der Waals surface area contributed by atoms with Gasteiger partial charge in [0.15, 0.2) is 8.07 Å². The number of rotatable bonds is 2. The first-order chi connectivity index (χ1) is 25.3. The second kappa shape index (κ2) is 9.84. The van der Waals surface area contributed by atoms with Crippen molar-refractivity contribution >= 4 is 72.4 Å². The maximum Gasteiger partial charge on any atom is 0.182 e. The lowest BCUT2D eigenvalue weighted by Gasteiger charge is -2.27. The van der Waals surface area contributed by atoms with Gasteiger partial charge in [0, 0.05) is 32.9 Å². The van der Waals surface area contributed by atoms with E-state index in [0.717, 1.165) is 0 Å². The summed E-state index contributed by atoms with van der Waals surface area (Å²) in [6.07, 6.45) is 0. The third-order valence-electron chi connectivity index (χ3n) is 11.7. The second-order valence-corrected chi connectivity index (χ2v) is 17.7. The molecule has 0 radical (unpaired) electrons. The van der Waals surface area contributed by atoms with Crippen LogP contribution in [0.1, 0.15) is 0 Å². The monoisotopic (exact) mass is 662 g/mol. The molecule has 0 N–H and O–H groups in total. The smallest absolute Gasteiger partial charge is 0.182 e. The Bertz CT molecular complexity index is 3050. The molecule has 0 amide bonds. The van der Waals surface area contributed by atoms with E-state index < -0.39 is 8.07 Å². The van der Waals surface area contributed by atoms with Crippen molar-refractivity contribution < 1.29 is 0 Å². The molecule has 8 aromatic carbocycles. The Morgan fingerprint density at radius 2 is 0.725 bits per heavy atom. The van der Waals surface area contributed by atoms with Gasteiger partial charge in [-0.05, 0) is 91.5 Å². The largest absolute Gasteiger partial charge is 0.309 e. The SMILES string of the molecule is c1ccc(-n2c3ccccc3c3c4c5ccccc5n(-c5ccc6c(c5)-c5ccccc5[Si]65c6ccccc6-c6ccccc65)c4ccc32)cc1. The Balaban J connectivity index is 1.17. The van der Waals surface area contributed by atoms with Gasteiger partial charge < -0.3 is 9.13 Å². The second-order valence-electron chi connectivity index (χ2n) is 14.0. The van der Waals surface area contributed by atoms with Crippen LogP contribution in [0.4, 0.5) is 0 Å². The zero-order chi connectivity index (χ0) is 33.3. The Morgan fingerprint density at radius 1 is 0.294 bits per heavy atom. The van der Waals surface area contributed by atoms with E-state index in [-0.39, 0.29) is 0 Å². The van der Waals surface area contributed by atoms with E-state index in [1.165, 1.54) is 98.0 Å². The molecule has 0 fully saturated rings. The summed E-state index contributed by atoms with van der Waals surface area (Å²) >= 11 is 0. The molecule has 2 nitrogen and oxygen atoms in total. The molecule has 0 atom stereocenters. The molecule has 4 heterocycles. The van der Waals surface area contributed by atoms with Gasteiger partial charge in [-0.1, -0.05) is 133 Å². The third-order valence-corrected chi connectivity index (χ3v) is 16.7. The molecule has 1 spiro atoms. The maximum absolute atomic E-state index is 2.50. The van der Waals surface area contributed by atoms with Gasteiger partial charge in [0.1, 0.15) is 0 Å². The Kier molecular flexibility index (Phi) is 5.29. The van der Waals surface area contributed by atoms with Crippen molar-refractivity contribution in [3.05, 3.63) is 182 Å². The molecule has 51 heavy (non-hydrogen) atoms. The van der Waals surface area contributed by atoms with Crippen molar-refractivity contribution in [2.45, 2.75) is 0 Å². The summed E-state index contributed by atoms with van der Waals surface area (Å²) in [4.78, 5) is 0. The fourth-order valence-corrected chi connectivity index (χ4v) is 15.5. The normalized spacial score (nSPS) is 13.6. The number of benzene rings is 8. The summed E-state index contributed by atoms with van der Waals surface area (Å²) in [7, 11) is -2.48. The topological polar surface area (TPSA) is 9.86 Å². The fraction of sp³-hybridized carbons (Fsp3) is 0. The van der Waals surface area contributed by atoms with Crippen molar-refractivity contribution in [3.63, 3.8) is 0 Å². The first-order valence-corrected chi connectivity index (χ1v) is 19.8. The molecule has 0 saturated heterocycles. The molecule has 236 valence electrons. The van der Waals surface area contributed by atoms with Gasteiger partial charge in [-0.15, -0.1) is 0 Å². The van der Waals surface area contributed by atoms with Crippen molar-refractivity contribution in [1.82, 2.24) is 9.13 Å². The van der Waals surface area contributed by atoms with Crippen LogP contribution in [0, 0.1) is 0 Å². The van der Waals surface area contributed by atoms with E-state index in [0.29, 0.717) is 0 Å². The van der Waals surface area contributed by atoms with Gasteiger partial charge in [-0.3, -0.25) is 0 Å². The molecule has 0 aliphatic carbocycles. The van der Waals surface area contributed by atoms with Crippen molar-refractivity contribution in [2.24, 2.45) is 0 Å². The van der Waals surface area contributed by atoms with Crippen LogP contribution in [0.15, 0.2) is 182 Å². The minimum atomic E-state index is -2.48. The molecule has 10 aromatic rings. The molecular weight excluding hydrogens is 633 g/mol. The van der Waals surface area contributed by atoms with E-state index >= 15 is 0 Å². The number of aromatic nitrogens is 2. The van der Waals surface area contributed by atoms with Crippen molar-refractivity contribution in [3.8, 4) is 33.6 Å². The van der Waals surface area contributed by atoms with Crippen LogP contribution in [-0.4, -0.2) is 17.2 Å². The van der Waals surface area contributed by atoms with Crippen LogP contribution in [-0.2, 0) is 0 Å². The first-order valence-electron chi connectivity index (χ1n) is 17.8. The zero-order valence-electron chi connectivity index (χ0n) is 27.7. The molecule has 0 unspecified atom stereocenters. The maximum atomic E-state index is 2.50. The average molecular weight is 663 g/mol. The van der Waals surface area contributed by atoms with Crippen LogP contribution in [0.5, 0.6) is 0 Å². The standard InChI is InChI=1S/C48H30N2Si/c1-2-14-31(15-3-1)49-39-21-9-4-19-36(39)47-41(49)27-28-42-48(47)37-20-5-10-22-40(37)50(42)32-26-29-46-38(30-32)35-18-8-13-25-45(35)51(46)43-23-11-6-16-33(43)34-17-7-12-24-44(34)51/h1-30H. The van der Waals surface area contributed by atoms with Gasteiger partial charge in [0.05, 0.1) is 22.1 Å². The summed E-state index contributed by atoms with van der Waals surface area (Å²) in [6.45, 7) is 0. The highest BCUT2D eigenvalue weighted by Crippen LogP contribution is 2.43. The molecule has 3 heteroatoms. The van der Waals surface area contributed by atoms with Crippen molar-refractivity contribution in [1.29, 1.82) is 0 Å². The van der Waals surface area contributed by atoms with Gasteiger partial charge in [0.25, 0.3) is 0 Å². The van der Waals surface area contributed by atoms with E-state index in [2.05, 4.69) is 191 Å². The molecule has 2 aromatic heterocycles. The van der Waals surface area contributed by atoms with Crippen LogP contribution in [0.3, 0.4) is 0 Å². The summed E-state index contributed by atoms with van der Waals surface area (Å²) in [5.74, 6) is 0. The molecular formula is C48H30N2Si. The quantitative estimate of drug-likeness (QED) is 0.163. The van der Waals surface area contributed by atoms with E-state index in [4.69, 9.17) is 0 Å². The lowest BCUT2D eigenvalue weighted by molar-refractivity contribution is 1.17. The highest BCUT2D eigenvalue weighted by Gasteiger charge is 2.53. The predicted molar refractivity (Wildman–Crippen MR) is 217 cm³/mol. The molecule has 12 rings (SSSR count). The van der Waals surface area contributed by atoms with Crippen LogP contribution >= 0.6 is 0 Å². The minimum absolute atomic E-state index is 1.18. The Labute approximate surface area is 296 Å². The number of hydrogen-bond acceptors (Lipinski definition) is 0. The molecule has 2 aliphatic heterocycles. The fourth-order valence-electron chi connectivity index (χ4n) is 9.88. The van der Waals surface area contributed by atoms with E-state index in [1.807, 2.05) is 0 Å². The summed E-state index contributed by atoms with van der Waals surface area (Å²) < 4.78 is 4.93. The van der Waals surface area contributed by atoms with Crippen LogP contribution < -0.4 is 20.7 Å². The molecule has 0 bridgehead atoms. The lowest BCUT2D eigenvalue weighted by Crippen LogP contribution is -2.70.